The lowest BCUT2D eigenvalue weighted by Gasteiger charge is -2.34. The van der Waals surface area contributed by atoms with Gasteiger partial charge in [-0.3, -0.25) is 20.4 Å². The SMILES string of the molecule is CC(=O)NNC(=O)C1(O)CCC1. The molecule has 0 saturated heterocycles. The topological polar surface area (TPSA) is 78.4 Å². The molecule has 1 fully saturated rings. The van der Waals surface area contributed by atoms with Gasteiger partial charge in [0.1, 0.15) is 5.60 Å². The summed E-state index contributed by atoms with van der Waals surface area (Å²) in [5.74, 6) is -0.879. The van der Waals surface area contributed by atoms with Crippen molar-refractivity contribution in [2.45, 2.75) is 31.8 Å². The lowest BCUT2D eigenvalue weighted by atomic mass is 9.80. The summed E-state index contributed by atoms with van der Waals surface area (Å²) in [5.41, 5.74) is 3.01. The Morgan fingerprint density at radius 3 is 2.25 bits per heavy atom. The van der Waals surface area contributed by atoms with Gasteiger partial charge in [0.15, 0.2) is 0 Å². The second kappa shape index (κ2) is 3.10. The molecule has 5 heteroatoms. The van der Waals surface area contributed by atoms with Crippen molar-refractivity contribution in [1.82, 2.24) is 10.9 Å². The number of aliphatic hydroxyl groups is 1. The quantitative estimate of drug-likeness (QED) is 0.447. The smallest absolute Gasteiger partial charge is 0.270 e. The number of nitrogens with one attached hydrogen (secondary N) is 2. The molecule has 0 heterocycles. The van der Waals surface area contributed by atoms with Gasteiger partial charge in [-0.15, -0.1) is 0 Å². The predicted molar refractivity (Wildman–Crippen MR) is 40.8 cm³/mol. The molecule has 0 atom stereocenters. The summed E-state index contributed by atoms with van der Waals surface area (Å²) in [6.07, 6.45) is 1.79. The highest BCUT2D eigenvalue weighted by Crippen LogP contribution is 2.31. The summed E-state index contributed by atoms with van der Waals surface area (Å²) in [7, 11) is 0. The van der Waals surface area contributed by atoms with Crippen LogP contribution in [-0.2, 0) is 9.59 Å². The van der Waals surface area contributed by atoms with Gasteiger partial charge in [-0.05, 0) is 19.3 Å². The Bertz CT molecular complexity index is 211. The molecule has 1 aliphatic carbocycles. The highest BCUT2D eigenvalue weighted by atomic mass is 16.3. The highest BCUT2D eigenvalue weighted by Gasteiger charge is 2.42. The molecule has 0 aromatic carbocycles. The predicted octanol–water partition coefficient (Wildman–Crippen LogP) is -0.931. The first-order valence-electron chi connectivity index (χ1n) is 3.84. The molecule has 0 radical (unpaired) electrons. The average Bonchev–Trinajstić information content (AvgIpc) is 1.95. The fraction of sp³-hybridized carbons (Fsp3) is 0.714. The second-order valence-corrected chi connectivity index (χ2v) is 3.02. The Kier molecular flexibility index (Phi) is 2.32. The number of hydrazine groups is 1. The molecule has 68 valence electrons. The normalized spacial score (nSPS) is 19.2. The van der Waals surface area contributed by atoms with Crippen LogP contribution in [0.3, 0.4) is 0 Å². The lowest BCUT2D eigenvalue weighted by molar-refractivity contribution is -0.150. The van der Waals surface area contributed by atoms with Gasteiger partial charge in [-0.1, -0.05) is 0 Å². The molecule has 0 aromatic heterocycles. The third kappa shape index (κ3) is 1.73. The van der Waals surface area contributed by atoms with Crippen LogP contribution in [0.4, 0.5) is 0 Å². The Morgan fingerprint density at radius 2 is 1.92 bits per heavy atom. The van der Waals surface area contributed by atoms with Crippen LogP contribution in [-0.4, -0.2) is 22.5 Å². The molecule has 12 heavy (non-hydrogen) atoms. The second-order valence-electron chi connectivity index (χ2n) is 3.02. The van der Waals surface area contributed by atoms with Gasteiger partial charge < -0.3 is 5.11 Å². The summed E-state index contributed by atoms with van der Waals surface area (Å²) in [6.45, 7) is 1.28. The molecular weight excluding hydrogens is 160 g/mol. The molecule has 0 bridgehead atoms. The Labute approximate surface area is 70.1 Å². The first-order chi connectivity index (χ1) is 5.54. The zero-order chi connectivity index (χ0) is 9.19. The fourth-order valence-electron chi connectivity index (χ4n) is 1.000. The molecule has 0 aromatic rings. The Balaban J connectivity index is 2.33. The van der Waals surface area contributed by atoms with Crippen molar-refractivity contribution < 1.29 is 14.7 Å². The van der Waals surface area contributed by atoms with Crippen LogP contribution >= 0.6 is 0 Å². The van der Waals surface area contributed by atoms with Crippen LogP contribution in [0.15, 0.2) is 0 Å². The molecule has 1 saturated carbocycles. The third-order valence-electron chi connectivity index (χ3n) is 1.96. The van der Waals surface area contributed by atoms with Crippen molar-refractivity contribution in [3.8, 4) is 0 Å². The number of carbonyl (C=O) groups excluding carboxylic acids is 2. The van der Waals surface area contributed by atoms with E-state index in [9.17, 15) is 14.7 Å². The summed E-state index contributed by atoms with van der Waals surface area (Å²) >= 11 is 0. The van der Waals surface area contributed by atoms with Crippen molar-refractivity contribution in [2.75, 3.05) is 0 Å². The molecule has 1 rings (SSSR count). The monoisotopic (exact) mass is 172 g/mol. The van der Waals surface area contributed by atoms with Crippen LogP contribution in [0, 0.1) is 0 Å². The van der Waals surface area contributed by atoms with Crippen LogP contribution in [0.25, 0.3) is 0 Å². The van der Waals surface area contributed by atoms with Crippen LogP contribution in [0.1, 0.15) is 26.2 Å². The van der Waals surface area contributed by atoms with Gasteiger partial charge in [0.2, 0.25) is 5.91 Å². The van der Waals surface area contributed by atoms with E-state index in [4.69, 9.17) is 0 Å². The summed E-state index contributed by atoms with van der Waals surface area (Å²) in [4.78, 5) is 21.4. The summed E-state index contributed by atoms with van der Waals surface area (Å²) < 4.78 is 0. The van der Waals surface area contributed by atoms with Crippen molar-refractivity contribution >= 4 is 11.8 Å². The number of hydrogen-bond donors (Lipinski definition) is 3. The van der Waals surface area contributed by atoms with E-state index in [0.29, 0.717) is 12.8 Å². The van der Waals surface area contributed by atoms with E-state index in [1.165, 1.54) is 6.92 Å². The van der Waals surface area contributed by atoms with Crippen LogP contribution in [0.5, 0.6) is 0 Å². The first-order valence-corrected chi connectivity index (χ1v) is 3.84. The third-order valence-corrected chi connectivity index (χ3v) is 1.96. The summed E-state index contributed by atoms with van der Waals surface area (Å²) in [6, 6.07) is 0. The van der Waals surface area contributed by atoms with E-state index < -0.39 is 11.5 Å². The Hall–Kier alpha value is -1.10. The lowest BCUT2D eigenvalue weighted by Crippen LogP contribution is -2.56. The van der Waals surface area contributed by atoms with Crippen molar-refractivity contribution in [2.24, 2.45) is 0 Å². The fourth-order valence-corrected chi connectivity index (χ4v) is 1.000. The minimum atomic E-state index is -1.25. The largest absolute Gasteiger partial charge is 0.380 e. The summed E-state index contributed by atoms with van der Waals surface area (Å²) in [5, 5.41) is 9.43. The zero-order valence-electron chi connectivity index (χ0n) is 6.89. The molecule has 5 nitrogen and oxygen atoms in total. The molecule has 1 aliphatic rings. The molecule has 2 amide bonds. The first kappa shape index (κ1) is 8.99. The maximum atomic E-state index is 11.1. The number of hydrogen-bond acceptors (Lipinski definition) is 3. The average molecular weight is 172 g/mol. The van der Waals surface area contributed by atoms with Gasteiger partial charge in [-0.2, -0.15) is 0 Å². The van der Waals surface area contributed by atoms with E-state index in [1.54, 1.807) is 0 Å². The molecule has 0 spiro atoms. The maximum absolute atomic E-state index is 11.1. The molecule has 0 unspecified atom stereocenters. The molecular formula is C7H12N2O3. The van der Waals surface area contributed by atoms with Crippen molar-refractivity contribution in [1.29, 1.82) is 0 Å². The van der Waals surface area contributed by atoms with E-state index in [0.717, 1.165) is 6.42 Å². The number of carbonyl (C=O) groups is 2. The van der Waals surface area contributed by atoms with E-state index in [1.807, 2.05) is 0 Å². The Morgan fingerprint density at radius 1 is 1.33 bits per heavy atom. The van der Waals surface area contributed by atoms with Gasteiger partial charge in [0.25, 0.3) is 5.91 Å². The standard InChI is InChI=1S/C7H12N2O3/c1-5(10)8-9-6(11)7(12)3-2-4-7/h12H,2-4H2,1H3,(H,8,10)(H,9,11). The number of amides is 2. The van der Waals surface area contributed by atoms with Gasteiger partial charge in [-0.25, -0.2) is 0 Å². The maximum Gasteiger partial charge on any atom is 0.270 e. The molecule has 0 aliphatic heterocycles. The molecule has 3 N–H and O–H groups in total. The number of rotatable bonds is 1. The minimum Gasteiger partial charge on any atom is -0.380 e. The van der Waals surface area contributed by atoms with Crippen molar-refractivity contribution in [3.05, 3.63) is 0 Å². The highest BCUT2D eigenvalue weighted by molar-refractivity contribution is 5.87. The van der Waals surface area contributed by atoms with E-state index in [-0.39, 0.29) is 5.91 Å². The zero-order valence-corrected chi connectivity index (χ0v) is 6.89. The van der Waals surface area contributed by atoms with Gasteiger partial charge >= 0.3 is 0 Å². The van der Waals surface area contributed by atoms with Gasteiger partial charge in [0, 0.05) is 6.92 Å². The van der Waals surface area contributed by atoms with Gasteiger partial charge in [0.05, 0.1) is 0 Å². The minimum absolute atomic E-state index is 0.355. The van der Waals surface area contributed by atoms with E-state index in [2.05, 4.69) is 10.9 Å². The van der Waals surface area contributed by atoms with Crippen LogP contribution in [0.2, 0.25) is 0 Å². The van der Waals surface area contributed by atoms with Crippen molar-refractivity contribution in [3.63, 3.8) is 0 Å². The van der Waals surface area contributed by atoms with E-state index >= 15 is 0 Å². The van der Waals surface area contributed by atoms with Crippen LogP contribution < -0.4 is 10.9 Å².